The van der Waals surface area contributed by atoms with Crippen LogP contribution in [0.5, 0.6) is 5.75 Å². The van der Waals surface area contributed by atoms with E-state index in [4.69, 9.17) is 13.9 Å². The average molecular weight is 422 g/mol. The third-order valence-electron chi connectivity index (χ3n) is 5.10. The third kappa shape index (κ3) is 4.64. The highest BCUT2D eigenvalue weighted by molar-refractivity contribution is 5.95. The number of oxazole rings is 1. The first-order valence-electron chi connectivity index (χ1n) is 10.2. The Morgan fingerprint density at radius 3 is 2.87 bits per heavy atom. The van der Waals surface area contributed by atoms with E-state index in [-0.39, 0.29) is 6.03 Å². The van der Waals surface area contributed by atoms with E-state index in [9.17, 15) is 4.79 Å². The number of amides is 2. The summed E-state index contributed by atoms with van der Waals surface area (Å²) < 4.78 is 16.9. The summed E-state index contributed by atoms with van der Waals surface area (Å²) in [5, 5.41) is 6.06. The van der Waals surface area contributed by atoms with Gasteiger partial charge in [-0.3, -0.25) is 4.90 Å². The molecule has 0 bridgehead atoms. The highest BCUT2D eigenvalue weighted by Gasteiger charge is 2.23. The lowest BCUT2D eigenvalue weighted by molar-refractivity contribution is 0.134. The SMILES string of the molecule is CCOCc1ccc(C)c(Nc2ncc(-c3cc(OC)cc(N4CCNC4=O)c3)o2)c1. The number of aromatic nitrogens is 1. The Balaban J connectivity index is 1.58. The molecule has 8 heteroatoms. The minimum absolute atomic E-state index is 0.124. The number of hydrogen-bond donors (Lipinski definition) is 2. The highest BCUT2D eigenvalue weighted by atomic mass is 16.5. The maximum atomic E-state index is 12.1. The Bertz CT molecular complexity index is 1080. The van der Waals surface area contributed by atoms with Gasteiger partial charge in [-0.05, 0) is 43.2 Å². The van der Waals surface area contributed by atoms with E-state index in [1.54, 1.807) is 18.2 Å². The second-order valence-electron chi connectivity index (χ2n) is 7.24. The predicted octanol–water partition coefficient (Wildman–Crippen LogP) is 4.47. The molecule has 1 aliphatic heterocycles. The van der Waals surface area contributed by atoms with Crippen molar-refractivity contribution in [2.75, 3.05) is 37.0 Å². The molecule has 1 saturated heterocycles. The molecule has 162 valence electrons. The van der Waals surface area contributed by atoms with Gasteiger partial charge in [0, 0.05) is 42.7 Å². The van der Waals surface area contributed by atoms with Gasteiger partial charge in [0.05, 0.1) is 19.9 Å². The van der Waals surface area contributed by atoms with Gasteiger partial charge in [-0.2, -0.15) is 0 Å². The van der Waals surface area contributed by atoms with Gasteiger partial charge < -0.3 is 24.5 Å². The second kappa shape index (κ2) is 9.09. The van der Waals surface area contributed by atoms with Crippen LogP contribution >= 0.6 is 0 Å². The fraction of sp³-hybridized carbons (Fsp3) is 0.304. The molecule has 1 aliphatic rings. The summed E-state index contributed by atoms with van der Waals surface area (Å²) >= 11 is 0. The lowest BCUT2D eigenvalue weighted by Gasteiger charge is -2.16. The molecular weight excluding hydrogens is 396 g/mol. The minimum Gasteiger partial charge on any atom is -0.497 e. The van der Waals surface area contributed by atoms with E-state index >= 15 is 0 Å². The zero-order valence-electron chi connectivity index (χ0n) is 17.9. The molecule has 0 radical (unpaired) electrons. The van der Waals surface area contributed by atoms with E-state index in [2.05, 4.69) is 15.6 Å². The molecule has 2 amide bonds. The molecule has 2 aromatic carbocycles. The van der Waals surface area contributed by atoms with E-state index in [0.29, 0.717) is 43.8 Å². The standard InChI is InChI=1S/C23H26N4O4/c1-4-30-14-16-6-5-15(2)20(9-16)26-22-25-13-21(31-22)17-10-18(12-19(11-17)29-3)27-8-7-24-23(27)28/h5-6,9-13H,4,7-8,14H2,1-3H3,(H,24,28)(H,25,26). The summed E-state index contributed by atoms with van der Waals surface area (Å²) in [7, 11) is 1.60. The number of anilines is 3. The summed E-state index contributed by atoms with van der Waals surface area (Å²) in [5.41, 5.74) is 4.57. The van der Waals surface area contributed by atoms with Crippen molar-refractivity contribution in [3.8, 4) is 17.1 Å². The fourth-order valence-corrected chi connectivity index (χ4v) is 3.41. The number of benzene rings is 2. The van der Waals surface area contributed by atoms with E-state index in [1.165, 1.54) is 0 Å². The molecular formula is C23H26N4O4. The number of carbonyl (C=O) groups excluding carboxylic acids is 1. The summed E-state index contributed by atoms with van der Waals surface area (Å²) in [4.78, 5) is 18.1. The quantitative estimate of drug-likeness (QED) is 0.557. The number of methoxy groups -OCH3 is 1. The lowest BCUT2D eigenvalue weighted by Crippen LogP contribution is -2.27. The summed E-state index contributed by atoms with van der Waals surface area (Å²) in [6.07, 6.45) is 1.66. The number of ether oxygens (including phenoxy) is 2. The molecule has 4 rings (SSSR count). The number of rotatable bonds is 8. The van der Waals surface area contributed by atoms with Gasteiger partial charge in [0.25, 0.3) is 6.01 Å². The molecule has 0 atom stereocenters. The van der Waals surface area contributed by atoms with Gasteiger partial charge in [0.2, 0.25) is 0 Å². The van der Waals surface area contributed by atoms with Crippen LogP contribution in [0.4, 0.5) is 22.2 Å². The lowest BCUT2D eigenvalue weighted by atomic mass is 10.1. The van der Waals surface area contributed by atoms with Crippen molar-refractivity contribution in [3.63, 3.8) is 0 Å². The molecule has 2 heterocycles. The zero-order chi connectivity index (χ0) is 21.8. The summed E-state index contributed by atoms with van der Waals surface area (Å²) in [5.74, 6) is 1.21. The van der Waals surface area contributed by atoms with Crippen LogP contribution in [0.25, 0.3) is 11.3 Å². The number of nitrogens with zero attached hydrogens (tertiary/aromatic N) is 2. The van der Waals surface area contributed by atoms with Gasteiger partial charge in [-0.25, -0.2) is 9.78 Å². The summed E-state index contributed by atoms with van der Waals surface area (Å²) in [6.45, 7) is 6.43. The van der Waals surface area contributed by atoms with Crippen LogP contribution in [0.3, 0.4) is 0 Å². The molecule has 0 saturated carbocycles. The van der Waals surface area contributed by atoms with Crippen LogP contribution in [0, 0.1) is 6.92 Å². The monoisotopic (exact) mass is 422 g/mol. The molecule has 1 fully saturated rings. The Labute approximate surface area is 181 Å². The second-order valence-corrected chi connectivity index (χ2v) is 7.24. The van der Waals surface area contributed by atoms with Gasteiger partial charge >= 0.3 is 6.03 Å². The fourth-order valence-electron chi connectivity index (χ4n) is 3.41. The molecule has 0 unspecified atom stereocenters. The van der Waals surface area contributed by atoms with Crippen LogP contribution in [0.15, 0.2) is 47.0 Å². The van der Waals surface area contributed by atoms with Crippen LogP contribution < -0.4 is 20.3 Å². The van der Waals surface area contributed by atoms with Gasteiger partial charge in [0.1, 0.15) is 5.75 Å². The van der Waals surface area contributed by atoms with Crippen molar-refractivity contribution in [1.29, 1.82) is 0 Å². The van der Waals surface area contributed by atoms with E-state index < -0.39 is 0 Å². The Kier molecular flexibility index (Phi) is 6.08. The molecule has 0 aliphatic carbocycles. The van der Waals surface area contributed by atoms with Gasteiger partial charge in [0.15, 0.2) is 5.76 Å². The summed E-state index contributed by atoms with van der Waals surface area (Å²) in [6, 6.07) is 12.0. The molecule has 31 heavy (non-hydrogen) atoms. The maximum absolute atomic E-state index is 12.1. The average Bonchev–Trinajstić information content (AvgIpc) is 3.43. The first kappa shape index (κ1) is 20.7. The van der Waals surface area contributed by atoms with Gasteiger partial charge in [-0.1, -0.05) is 12.1 Å². The first-order valence-corrected chi connectivity index (χ1v) is 10.2. The third-order valence-corrected chi connectivity index (χ3v) is 5.10. The van der Waals surface area contributed by atoms with Crippen molar-refractivity contribution in [1.82, 2.24) is 10.3 Å². The number of nitrogens with one attached hydrogen (secondary N) is 2. The van der Waals surface area contributed by atoms with Crippen molar-refractivity contribution >= 4 is 23.4 Å². The molecule has 1 aromatic heterocycles. The van der Waals surface area contributed by atoms with Crippen LogP contribution in [-0.4, -0.2) is 37.8 Å². The normalized spacial score (nSPS) is 13.4. The molecule has 8 nitrogen and oxygen atoms in total. The minimum atomic E-state index is -0.124. The molecule has 2 N–H and O–H groups in total. The van der Waals surface area contributed by atoms with Crippen molar-refractivity contribution in [2.24, 2.45) is 0 Å². The van der Waals surface area contributed by atoms with Crippen LogP contribution in [0.1, 0.15) is 18.1 Å². The molecule has 0 spiro atoms. The Hall–Kier alpha value is -3.52. The van der Waals surface area contributed by atoms with Crippen molar-refractivity contribution < 1.29 is 18.7 Å². The number of urea groups is 1. The van der Waals surface area contributed by atoms with Crippen molar-refractivity contribution in [3.05, 3.63) is 53.7 Å². The number of hydrogen-bond acceptors (Lipinski definition) is 6. The predicted molar refractivity (Wildman–Crippen MR) is 119 cm³/mol. The Morgan fingerprint density at radius 2 is 2.13 bits per heavy atom. The highest BCUT2D eigenvalue weighted by Crippen LogP contribution is 2.33. The largest absolute Gasteiger partial charge is 0.497 e. The first-order chi connectivity index (χ1) is 15.1. The topological polar surface area (TPSA) is 88.9 Å². The van der Waals surface area contributed by atoms with Crippen LogP contribution in [0.2, 0.25) is 0 Å². The smallest absolute Gasteiger partial charge is 0.321 e. The van der Waals surface area contributed by atoms with E-state index in [0.717, 1.165) is 28.1 Å². The number of carbonyl (C=O) groups is 1. The number of aryl methyl sites for hydroxylation is 1. The van der Waals surface area contributed by atoms with Gasteiger partial charge in [-0.15, -0.1) is 0 Å². The van der Waals surface area contributed by atoms with Crippen molar-refractivity contribution in [2.45, 2.75) is 20.5 Å². The maximum Gasteiger partial charge on any atom is 0.321 e. The zero-order valence-corrected chi connectivity index (χ0v) is 17.9. The van der Waals surface area contributed by atoms with E-state index in [1.807, 2.05) is 50.2 Å². The molecule has 3 aromatic rings. The Morgan fingerprint density at radius 1 is 1.26 bits per heavy atom. The van der Waals surface area contributed by atoms with Crippen LogP contribution in [-0.2, 0) is 11.3 Å².